The van der Waals surface area contributed by atoms with Crippen LogP contribution in [0.25, 0.3) is 0 Å². The molecule has 0 radical (unpaired) electrons. The Morgan fingerprint density at radius 2 is 1.90 bits per heavy atom. The Balaban J connectivity index is 2.50. The van der Waals surface area contributed by atoms with Gasteiger partial charge < -0.3 is 5.32 Å². The number of hydrogen-bond donors (Lipinski definition) is 1. The molecule has 1 heterocycles. The normalized spacial score (nSPS) is 13.1. The molecule has 0 amide bonds. The van der Waals surface area contributed by atoms with Gasteiger partial charge in [-0.3, -0.25) is 4.90 Å². The van der Waals surface area contributed by atoms with Crippen molar-refractivity contribution in [1.29, 1.82) is 0 Å². The van der Waals surface area contributed by atoms with Crippen molar-refractivity contribution in [3.63, 3.8) is 0 Å². The van der Waals surface area contributed by atoms with Crippen molar-refractivity contribution in [3.8, 4) is 0 Å². The molecule has 2 nitrogen and oxygen atoms in total. The van der Waals surface area contributed by atoms with Crippen molar-refractivity contribution in [3.05, 3.63) is 21.9 Å². The van der Waals surface area contributed by atoms with Crippen LogP contribution in [0.15, 0.2) is 12.1 Å². The van der Waals surface area contributed by atoms with E-state index >= 15 is 0 Å². The first-order valence-corrected chi connectivity index (χ1v) is 9.05. The molecule has 0 aliphatic heterocycles. The highest BCUT2D eigenvalue weighted by Crippen LogP contribution is 2.20. The number of nitrogens with zero attached hydrogens (tertiary/aromatic N) is 1. The number of unbranched alkanes of at least 4 members (excludes halogenated alkanes) is 1. The van der Waals surface area contributed by atoms with Crippen molar-refractivity contribution >= 4 is 11.3 Å². The molecule has 0 aromatic carbocycles. The fourth-order valence-corrected chi connectivity index (χ4v) is 3.28. The molecule has 0 spiro atoms. The Morgan fingerprint density at radius 1 is 1.15 bits per heavy atom. The van der Waals surface area contributed by atoms with Crippen molar-refractivity contribution in [1.82, 2.24) is 10.2 Å². The van der Waals surface area contributed by atoms with Gasteiger partial charge in [-0.15, -0.1) is 11.3 Å². The van der Waals surface area contributed by atoms with E-state index in [0.29, 0.717) is 6.04 Å². The Bertz CT molecular complexity index is 349. The van der Waals surface area contributed by atoms with E-state index in [2.05, 4.69) is 50.0 Å². The van der Waals surface area contributed by atoms with Crippen LogP contribution in [0.5, 0.6) is 0 Å². The molecule has 3 heteroatoms. The quantitative estimate of drug-likeness (QED) is 0.598. The van der Waals surface area contributed by atoms with Gasteiger partial charge in [-0.25, -0.2) is 0 Å². The Morgan fingerprint density at radius 3 is 2.55 bits per heavy atom. The summed E-state index contributed by atoms with van der Waals surface area (Å²) in [4.78, 5) is 5.61. The number of thiophene rings is 1. The van der Waals surface area contributed by atoms with E-state index in [1.165, 1.54) is 42.0 Å². The molecular formula is C17H32N2S. The second-order valence-electron chi connectivity index (χ2n) is 5.63. The molecule has 0 saturated carbocycles. The zero-order valence-corrected chi connectivity index (χ0v) is 14.6. The fraction of sp³-hybridized carbons (Fsp3) is 0.765. The largest absolute Gasteiger partial charge is 0.312 e. The third kappa shape index (κ3) is 6.38. The number of nitrogens with one attached hydrogen (secondary N) is 1. The molecule has 1 aromatic rings. The van der Waals surface area contributed by atoms with Gasteiger partial charge >= 0.3 is 0 Å². The lowest BCUT2D eigenvalue weighted by Gasteiger charge is -2.27. The second kappa shape index (κ2) is 10.4. The first-order chi connectivity index (χ1) is 9.71. The van der Waals surface area contributed by atoms with Gasteiger partial charge in [-0.1, -0.05) is 27.2 Å². The van der Waals surface area contributed by atoms with Gasteiger partial charge in [0.2, 0.25) is 0 Å². The summed E-state index contributed by atoms with van der Waals surface area (Å²) in [6.07, 6.45) is 5.03. The summed E-state index contributed by atoms with van der Waals surface area (Å²) in [6.45, 7) is 13.6. The van der Waals surface area contributed by atoms with Crippen molar-refractivity contribution < 1.29 is 0 Å². The monoisotopic (exact) mass is 296 g/mol. The minimum absolute atomic E-state index is 0.685. The van der Waals surface area contributed by atoms with Crippen LogP contribution in [-0.2, 0) is 13.1 Å². The predicted octanol–water partition coefficient (Wildman–Crippen LogP) is 4.65. The van der Waals surface area contributed by atoms with Crippen molar-refractivity contribution in [2.24, 2.45) is 0 Å². The van der Waals surface area contributed by atoms with Crippen LogP contribution in [-0.4, -0.2) is 24.0 Å². The van der Waals surface area contributed by atoms with Crippen molar-refractivity contribution in [2.45, 2.75) is 72.5 Å². The van der Waals surface area contributed by atoms with E-state index in [1.54, 1.807) is 0 Å². The van der Waals surface area contributed by atoms with E-state index in [1.807, 2.05) is 11.3 Å². The molecule has 1 N–H and O–H groups in total. The first-order valence-electron chi connectivity index (χ1n) is 8.23. The molecule has 1 atom stereocenters. The molecule has 0 aliphatic rings. The maximum atomic E-state index is 3.48. The van der Waals surface area contributed by atoms with Gasteiger partial charge in [0.05, 0.1) is 0 Å². The zero-order valence-electron chi connectivity index (χ0n) is 13.7. The van der Waals surface area contributed by atoms with E-state index in [0.717, 1.165) is 19.6 Å². The average molecular weight is 297 g/mol. The second-order valence-corrected chi connectivity index (χ2v) is 6.88. The van der Waals surface area contributed by atoms with Crippen LogP contribution in [0.2, 0.25) is 0 Å². The summed E-state index contributed by atoms with van der Waals surface area (Å²) in [7, 11) is 0. The summed E-state index contributed by atoms with van der Waals surface area (Å²) in [5.74, 6) is 0. The lowest BCUT2D eigenvalue weighted by molar-refractivity contribution is 0.194. The maximum absolute atomic E-state index is 3.48. The maximum Gasteiger partial charge on any atom is 0.0330 e. The topological polar surface area (TPSA) is 15.3 Å². The predicted molar refractivity (Wildman–Crippen MR) is 91.4 cm³/mol. The Hall–Kier alpha value is -0.380. The standard InChI is InChI=1S/C17H32N2S/c1-5-8-12-19(15(4)7-3)14-17-10-9-16(20-17)13-18-11-6-2/h9-10,15,18H,5-8,11-14H2,1-4H3. The minimum Gasteiger partial charge on any atom is -0.312 e. The molecule has 1 aromatic heterocycles. The summed E-state index contributed by atoms with van der Waals surface area (Å²) < 4.78 is 0. The summed E-state index contributed by atoms with van der Waals surface area (Å²) in [5.41, 5.74) is 0. The lowest BCUT2D eigenvalue weighted by Crippen LogP contribution is -2.32. The number of rotatable bonds is 11. The highest BCUT2D eigenvalue weighted by Gasteiger charge is 2.13. The highest BCUT2D eigenvalue weighted by atomic mass is 32.1. The molecule has 0 aliphatic carbocycles. The third-order valence-corrected chi connectivity index (χ3v) is 4.89. The molecule has 0 fully saturated rings. The first kappa shape index (κ1) is 17.7. The van der Waals surface area contributed by atoms with Gasteiger partial charge in [0.1, 0.15) is 0 Å². The molecule has 1 unspecified atom stereocenters. The third-order valence-electron chi connectivity index (χ3n) is 3.82. The van der Waals surface area contributed by atoms with E-state index in [4.69, 9.17) is 0 Å². The smallest absolute Gasteiger partial charge is 0.0330 e. The molecule has 116 valence electrons. The zero-order chi connectivity index (χ0) is 14.8. The van der Waals surface area contributed by atoms with Crippen LogP contribution >= 0.6 is 11.3 Å². The van der Waals surface area contributed by atoms with Crippen LogP contribution in [0.3, 0.4) is 0 Å². The van der Waals surface area contributed by atoms with Crippen LogP contribution in [0.1, 0.15) is 63.1 Å². The van der Waals surface area contributed by atoms with E-state index in [9.17, 15) is 0 Å². The summed E-state index contributed by atoms with van der Waals surface area (Å²) in [5, 5.41) is 3.48. The summed E-state index contributed by atoms with van der Waals surface area (Å²) in [6, 6.07) is 5.29. The van der Waals surface area contributed by atoms with E-state index < -0.39 is 0 Å². The fourth-order valence-electron chi connectivity index (χ4n) is 2.27. The summed E-state index contributed by atoms with van der Waals surface area (Å²) >= 11 is 1.97. The van der Waals surface area contributed by atoms with Gasteiger partial charge in [-0.05, 0) is 51.4 Å². The van der Waals surface area contributed by atoms with Crippen molar-refractivity contribution in [2.75, 3.05) is 13.1 Å². The molecule has 1 rings (SSSR count). The Labute approximate surface area is 129 Å². The molecule has 0 bridgehead atoms. The lowest BCUT2D eigenvalue weighted by atomic mass is 10.2. The van der Waals surface area contributed by atoms with Gasteiger partial charge in [-0.2, -0.15) is 0 Å². The highest BCUT2D eigenvalue weighted by molar-refractivity contribution is 7.11. The van der Waals surface area contributed by atoms with Crippen LogP contribution < -0.4 is 5.32 Å². The Kier molecular flexibility index (Phi) is 9.16. The van der Waals surface area contributed by atoms with Gasteiger partial charge in [0.25, 0.3) is 0 Å². The van der Waals surface area contributed by atoms with Crippen LogP contribution in [0, 0.1) is 0 Å². The van der Waals surface area contributed by atoms with E-state index in [-0.39, 0.29) is 0 Å². The SMILES string of the molecule is CCCCN(Cc1ccc(CNCCC)s1)C(C)CC. The minimum atomic E-state index is 0.685. The molecular weight excluding hydrogens is 264 g/mol. The number of hydrogen-bond acceptors (Lipinski definition) is 3. The van der Waals surface area contributed by atoms with Crippen LogP contribution in [0.4, 0.5) is 0 Å². The van der Waals surface area contributed by atoms with Gasteiger partial charge in [0.15, 0.2) is 0 Å². The average Bonchev–Trinajstić information content (AvgIpc) is 2.90. The molecule has 20 heavy (non-hydrogen) atoms. The van der Waals surface area contributed by atoms with Gasteiger partial charge in [0, 0.05) is 28.9 Å². The molecule has 0 saturated heterocycles.